The first kappa shape index (κ1) is 10.1. The SMILES string of the molecule is C=CC(=O)[O-].O=C1C=CC(=O)O1. The Bertz CT molecular complexity index is 235. The Labute approximate surface area is 67.9 Å². The topological polar surface area (TPSA) is 83.5 Å². The van der Waals surface area contributed by atoms with Crippen LogP contribution < -0.4 is 5.11 Å². The van der Waals surface area contributed by atoms with E-state index in [4.69, 9.17) is 9.90 Å². The average molecular weight is 169 g/mol. The number of rotatable bonds is 1. The van der Waals surface area contributed by atoms with Gasteiger partial charge in [0.25, 0.3) is 0 Å². The van der Waals surface area contributed by atoms with E-state index >= 15 is 0 Å². The summed E-state index contributed by atoms with van der Waals surface area (Å²) in [6, 6.07) is 0. The summed E-state index contributed by atoms with van der Waals surface area (Å²) in [6.45, 7) is 2.90. The average Bonchev–Trinajstić information content (AvgIpc) is 2.36. The lowest BCUT2D eigenvalue weighted by Crippen LogP contribution is -2.17. The summed E-state index contributed by atoms with van der Waals surface area (Å²) in [6.07, 6.45) is 2.89. The van der Waals surface area contributed by atoms with E-state index in [0.29, 0.717) is 0 Å². The van der Waals surface area contributed by atoms with Crippen LogP contribution in [-0.2, 0) is 19.1 Å². The fraction of sp³-hybridized carbons (Fsp3) is 0. The van der Waals surface area contributed by atoms with Gasteiger partial charge in [-0.1, -0.05) is 6.58 Å². The smallest absolute Gasteiger partial charge is 0.338 e. The first-order chi connectivity index (χ1) is 5.56. The highest BCUT2D eigenvalue weighted by Crippen LogP contribution is 1.92. The zero-order valence-corrected chi connectivity index (χ0v) is 5.98. The highest BCUT2D eigenvalue weighted by atomic mass is 16.6. The predicted molar refractivity (Wildman–Crippen MR) is 35.4 cm³/mol. The van der Waals surface area contributed by atoms with Gasteiger partial charge in [0.15, 0.2) is 0 Å². The second-order valence-corrected chi connectivity index (χ2v) is 1.60. The van der Waals surface area contributed by atoms with E-state index in [9.17, 15) is 9.59 Å². The molecule has 0 aliphatic carbocycles. The van der Waals surface area contributed by atoms with E-state index in [1.54, 1.807) is 0 Å². The van der Waals surface area contributed by atoms with Gasteiger partial charge in [-0.3, -0.25) is 0 Å². The largest absolute Gasteiger partial charge is 0.545 e. The lowest BCUT2D eigenvalue weighted by molar-refractivity contribution is -0.297. The van der Waals surface area contributed by atoms with Crippen molar-refractivity contribution in [1.82, 2.24) is 0 Å². The fourth-order valence-corrected chi connectivity index (χ4v) is 0.303. The Hall–Kier alpha value is -1.91. The van der Waals surface area contributed by atoms with Gasteiger partial charge in [0.2, 0.25) is 0 Å². The zero-order valence-electron chi connectivity index (χ0n) is 5.98. The van der Waals surface area contributed by atoms with Crippen LogP contribution in [0.25, 0.3) is 0 Å². The van der Waals surface area contributed by atoms with Gasteiger partial charge in [-0.05, 0) is 6.08 Å². The number of carboxylic acids is 1. The van der Waals surface area contributed by atoms with Crippen molar-refractivity contribution in [2.75, 3.05) is 0 Å². The maximum absolute atomic E-state index is 9.92. The number of ether oxygens (including phenoxy) is 1. The van der Waals surface area contributed by atoms with Crippen molar-refractivity contribution < 1.29 is 24.2 Å². The Balaban J connectivity index is 0.000000217. The molecule has 0 amide bonds. The van der Waals surface area contributed by atoms with E-state index < -0.39 is 17.9 Å². The summed E-state index contributed by atoms with van der Waals surface area (Å²) in [4.78, 5) is 29.0. The molecule has 1 heterocycles. The summed E-state index contributed by atoms with van der Waals surface area (Å²) < 4.78 is 3.97. The number of carbonyl (C=O) groups is 3. The summed E-state index contributed by atoms with van der Waals surface area (Å²) >= 11 is 0. The van der Waals surface area contributed by atoms with Crippen molar-refractivity contribution in [3.05, 3.63) is 24.8 Å². The van der Waals surface area contributed by atoms with E-state index in [2.05, 4.69) is 11.3 Å². The third-order valence-corrected chi connectivity index (χ3v) is 0.723. The molecule has 0 bridgehead atoms. The molecule has 0 aromatic rings. The van der Waals surface area contributed by atoms with E-state index in [0.717, 1.165) is 18.2 Å². The molecule has 1 aliphatic heterocycles. The molecular formula is C7H5O5-. The second kappa shape index (κ2) is 4.84. The van der Waals surface area contributed by atoms with Gasteiger partial charge in [0, 0.05) is 12.2 Å². The standard InChI is InChI=1S/C4H2O3.C3H4O2/c5-3-1-2-4(6)7-3;1-2-3(4)5/h1-2H;2H,1H2,(H,4,5)/p-1. The van der Waals surface area contributed by atoms with Crippen LogP contribution in [-0.4, -0.2) is 17.9 Å². The first-order valence-electron chi connectivity index (χ1n) is 2.83. The molecule has 1 rings (SSSR count). The summed E-state index contributed by atoms with van der Waals surface area (Å²) in [5.74, 6) is -2.39. The Morgan fingerprint density at radius 3 is 1.83 bits per heavy atom. The lowest BCUT2D eigenvalue weighted by Gasteiger charge is -1.81. The number of hydrogen-bond acceptors (Lipinski definition) is 5. The Morgan fingerprint density at radius 1 is 1.42 bits per heavy atom. The molecule has 0 aromatic heterocycles. The fourth-order valence-electron chi connectivity index (χ4n) is 0.303. The molecule has 12 heavy (non-hydrogen) atoms. The molecular weight excluding hydrogens is 164 g/mol. The predicted octanol–water partition coefficient (Wildman–Crippen LogP) is -1.45. The minimum Gasteiger partial charge on any atom is -0.545 e. The molecule has 5 nitrogen and oxygen atoms in total. The minimum atomic E-state index is -1.23. The maximum atomic E-state index is 9.92. The first-order valence-corrected chi connectivity index (χ1v) is 2.83. The van der Waals surface area contributed by atoms with Crippen molar-refractivity contribution in [3.8, 4) is 0 Å². The molecule has 0 saturated heterocycles. The number of esters is 2. The summed E-state index contributed by atoms with van der Waals surface area (Å²) in [7, 11) is 0. The van der Waals surface area contributed by atoms with Gasteiger partial charge in [0.1, 0.15) is 0 Å². The quantitative estimate of drug-likeness (QED) is 0.272. The molecule has 0 fully saturated rings. The Morgan fingerprint density at radius 2 is 1.75 bits per heavy atom. The summed E-state index contributed by atoms with van der Waals surface area (Å²) in [5.41, 5.74) is 0. The molecule has 0 N–H and O–H groups in total. The normalized spacial score (nSPS) is 13.0. The van der Waals surface area contributed by atoms with Crippen molar-refractivity contribution in [3.63, 3.8) is 0 Å². The van der Waals surface area contributed by atoms with Gasteiger partial charge >= 0.3 is 11.9 Å². The zero-order chi connectivity index (χ0) is 9.56. The van der Waals surface area contributed by atoms with Gasteiger partial charge in [0.05, 0.1) is 5.97 Å². The molecule has 1 aliphatic rings. The monoisotopic (exact) mass is 169 g/mol. The van der Waals surface area contributed by atoms with Gasteiger partial charge in [-0.25, -0.2) is 9.59 Å². The lowest BCUT2D eigenvalue weighted by atomic mass is 10.6. The number of carbonyl (C=O) groups excluding carboxylic acids is 3. The molecule has 0 saturated carbocycles. The molecule has 0 atom stereocenters. The number of carboxylic acid groups (broad SMARTS) is 1. The summed E-state index contributed by atoms with van der Waals surface area (Å²) in [5, 5.41) is 9.14. The molecule has 0 unspecified atom stereocenters. The third kappa shape index (κ3) is 4.92. The maximum Gasteiger partial charge on any atom is 0.338 e. The molecule has 0 aromatic carbocycles. The van der Waals surface area contributed by atoms with Crippen LogP contribution >= 0.6 is 0 Å². The van der Waals surface area contributed by atoms with Crippen LogP contribution in [0, 0.1) is 0 Å². The molecule has 64 valence electrons. The van der Waals surface area contributed by atoms with E-state index in [-0.39, 0.29) is 0 Å². The van der Waals surface area contributed by atoms with Crippen LogP contribution in [0.15, 0.2) is 24.8 Å². The third-order valence-electron chi connectivity index (χ3n) is 0.723. The van der Waals surface area contributed by atoms with Crippen LogP contribution in [0.2, 0.25) is 0 Å². The Kier molecular flexibility index (Phi) is 4.07. The van der Waals surface area contributed by atoms with E-state index in [1.807, 2.05) is 0 Å². The van der Waals surface area contributed by atoms with Crippen molar-refractivity contribution in [1.29, 1.82) is 0 Å². The van der Waals surface area contributed by atoms with Gasteiger partial charge < -0.3 is 14.6 Å². The molecule has 5 heteroatoms. The number of aliphatic carboxylic acids is 1. The van der Waals surface area contributed by atoms with Crippen molar-refractivity contribution in [2.24, 2.45) is 0 Å². The molecule has 0 spiro atoms. The van der Waals surface area contributed by atoms with Crippen LogP contribution in [0.5, 0.6) is 0 Å². The highest BCUT2D eigenvalue weighted by Gasteiger charge is 2.10. The second-order valence-electron chi connectivity index (χ2n) is 1.60. The number of hydrogen-bond donors (Lipinski definition) is 0. The van der Waals surface area contributed by atoms with Gasteiger partial charge in [-0.2, -0.15) is 0 Å². The van der Waals surface area contributed by atoms with Crippen molar-refractivity contribution >= 4 is 17.9 Å². The van der Waals surface area contributed by atoms with E-state index in [1.165, 1.54) is 0 Å². The van der Waals surface area contributed by atoms with Crippen LogP contribution in [0.3, 0.4) is 0 Å². The van der Waals surface area contributed by atoms with Gasteiger partial charge in [-0.15, -0.1) is 0 Å². The minimum absolute atomic E-state index is 0.579. The molecule has 0 radical (unpaired) electrons. The van der Waals surface area contributed by atoms with Crippen LogP contribution in [0.1, 0.15) is 0 Å². The van der Waals surface area contributed by atoms with Crippen LogP contribution in [0.4, 0.5) is 0 Å². The highest BCUT2D eigenvalue weighted by molar-refractivity contribution is 6.04. The number of cyclic esters (lactones) is 2. The van der Waals surface area contributed by atoms with Crippen molar-refractivity contribution in [2.45, 2.75) is 0 Å².